The molecular formula is C18H22N2OS. The van der Waals surface area contributed by atoms with Crippen LogP contribution in [0.4, 0.5) is 0 Å². The van der Waals surface area contributed by atoms with Crippen molar-refractivity contribution in [3.8, 4) is 0 Å². The van der Waals surface area contributed by atoms with Crippen LogP contribution < -0.4 is 0 Å². The van der Waals surface area contributed by atoms with E-state index in [0.29, 0.717) is 0 Å². The Morgan fingerprint density at radius 2 is 1.95 bits per heavy atom. The number of piperazine rings is 1. The molecule has 0 aliphatic carbocycles. The summed E-state index contributed by atoms with van der Waals surface area (Å²) in [7, 11) is 2.12. The molecule has 1 aromatic carbocycles. The van der Waals surface area contributed by atoms with Crippen molar-refractivity contribution in [1.82, 2.24) is 9.80 Å². The van der Waals surface area contributed by atoms with Crippen molar-refractivity contribution in [2.24, 2.45) is 0 Å². The first-order valence-electron chi connectivity index (χ1n) is 7.82. The van der Waals surface area contributed by atoms with Crippen LogP contribution in [0.15, 0.2) is 42.5 Å². The fraction of sp³-hybridized carbons (Fsp3) is 0.389. The van der Waals surface area contributed by atoms with Crippen molar-refractivity contribution in [1.29, 1.82) is 0 Å². The second kappa shape index (κ2) is 6.63. The van der Waals surface area contributed by atoms with Gasteiger partial charge in [-0.1, -0.05) is 37.3 Å². The fourth-order valence-corrected chi connectivity index (χ4v) is 3.85. The Labute approximate surface area is 136 Å². The number of likely N-dealkylation sites (N-methyl/N-ethyl adjacent to an activating group) is 1. The van der Waals surface area contributed by atoms with Crippen LogP contribution in [0.2, 0.25) is 0 Å². The van der Waals surface area contributed by atoms with E-state index in [0.717, 1.165) is 30.9 Å². The van der Waals surface area contributed by atoms with Gasteiger partial charge >= 0.3 is 0 Å². The molecule has 0 saturated carbocycles. The molecule has 0 N–H and O–H groups in total. The molecule has 116 valence electrons. The lowest BCUT2D eigenvalue weighted by Crippen LogP contribution is -2.49. The minimum atomic E-state index is 0.139. The van der Waals surface area contributed by atoms with E-state index in [2.05, 4.69) is 37.1 Å². The highest BCUT2D eigenvalue weighted by Gasteiger charge is 2.31. The Bertz CT molecular complexity index is 638. The quantitative estimate of drug-likeness (QED) is 0.866. The summed E-state index contributed by atoms with van der Waals surface area (Å²) in [5, 5.41) is 0. The average molecular weight is 314 g/mol. The van der Waals surface area contributed by atoms with E-state index in [9.17, 15) is 4.79 Å². The lowest BCUT2D eigenvalue weighted by molar-refractivity contribution is 0.0503. The SMILES string of the molecule is CCc1ccc(C(=O)N2CCN(C)C[C@H]2c2ccccc2)s1. The van der Waals surface area contributed by atoms with Crippen molar-refractivity contribution in [3.05, 3.63) is 57.8 Å². The number of benzene rings is 1. The maximum absolute atomic E-state index is 12.9. The Morgan fingerprint density at radius 1 is 1.18 bits per heavy atom. The molecule has 0 spiro atoms. The van der Waals surface area contributed by atoms with Crippen molar-refractivity contribution in [3.63, 3.8) is 0 Å². The molecule has 22 heavy (non-hydrogen) atoms. The van der Waals surface area contributed by atoms with Gasteiger partial charge in [0, 0.05) is 24.5 Å². The second-order valence-electron chi connectivity index (χ2n) is 5.81. The Balaban J connectivity index is 1.87. The summed E-state index contributed by atoms with van der Waals surface area (Å²) in [5.74, 6) is 0.173. The molecule has 1 aliphatic rings. The molecule has 1 aromatic heterocycles. The zero-order chi connectivity index (χ0) is 15.5. The van der Waals surface area contributed by atoms with Crippen molar-refractivity contribution in [2.75, 3.05) is 26.7 Å². The van der Waals surface area contributed by atoms with Crippen LogP contribution in [0.1, 0.15) is 33.1 Å². The number of carbonyl (C=O) groups excluding carboxylic acids is 1. The molecule has 0 bridgehead atoms. The minimum absolute atomic E-state index is 0.139. The number of hydrogen-bond acceptors (Lipinski definition) is 3. The van der Waals surface area contributed by atoms with Crippen LogP contribution in [0, 0.1) is 0 Å². The van der Waals surface area contributed by atoms with Crippen molar-refractivity contribution in [2.45, 2.75) is 19.4 Å². The summed E-state index contributed by atoms with van der Waals surface area (Å²) in [5.41, 5.74) is 1.22. The number of nitrogens with zero attached hydrogens (tertiary/aromatic N) is 2. The lowest BCUT2D eigenvalue weighted by Gasteiger charge is -2.40. The Hall–Kier alpha value is -1.65. The first-order valence-corrected chi connectivity index (χ1v) is 8.64. The maximum Gasteiger partial charge on any atom is 0.264 e. The van der Waals surface area contributed by atoms with Gasteiger partial charge in [-0.15, -0.1) is 11.3 Å². The smallest absolute Gasteiger partial charge is 0.264 e. The number of hydrogen-bond donors (Lipinski definition) is 0. The largest absolute Gasteiger partial charge is 0.328 e. The second-order valence-corrected chi connectivity index (χ2v) is 6.98. The number of aryl methyl sites for hydroxylation is 1. The molecule has 0 radical (unpaired) electrons. The Kier molecular flexibility index (Phi) is 4.60. The zero-order valence-corrected chi connectivity index (χ0v) is 14.0. The van der Waals surface area contributed by atoms with E-state index >= 15 is 0 Å². The van der Waals surface area contributed by atoms with Crippen LogP contribution >= 0.6 is 11.3 Å². The van der Waals surface area contributed by atoms with Gasteiger partial charge in [0.05, 0.1) is 10.9 Å². The monoisotopic (exact) mass is 314 g/mol. The summed E-state index contributed by atoms with van der Waals surface area (Å²) in [4.78, 5) is 19.4. The van der Waals surface area contributed by atoms with Crippen LogP contribution in [0.25, 0.3) is 0 Å². The van der Waals surface area contributed by atoms with E-state index in [4.69, 9.17) is 0 Å². The Morgan fingerprint density at radius 3 is 2.64 bits per heavy atom. The maximum atomic E-state index is 12.9. The fourth-order valence-electron chi connectivity index (χ4n) is 2.95. The number of thiophene rings is 1. The molecule has 2 aromatic rings. The molecule has 1 aliphatic heterocycles. The van der Waals surface area contributed by atoms with Gasteiger partial charge in [-0.3, -0.25) is 4.79 Å². The summed E-state index contributed by atoms with van der Waals surface area (Å²) < 4.78 is 0. The third kappa shape index (κ3) is 3.08. The van der Waals surface area contributed by atoms with Crippen LogP contribution in [0.5, 0.6) is 0 Å². The summed E-state index contributed by atoms with van der Waals surface area (Å²) >= 11 is 1.63. The van der Waals surface area contributed by atoms with Crippen LogP contribution in [0.3, 0.4) is 0 Å². The molecule has 1 fully saturated rings. The highest BCUT2D eigenvalue weighted by atomic mass is 32.1. The van der Waals surface area contributed by atoms with Gasteiger partial charge in [-0.05, 0) is 31.2 Å². The molecule has 1 amide bonds. The van der Waals surface area contributed by atoms with Gasteiger partial charge in [0.15, 0.2) is 0 Å². The van der Waals surface area contributed by atoms with Crippen molar-refractivity contribution < 1.29 is 4.79 Å². The molecule has 2 heterocycles. The third-order valence-corrected chi connectivity index (χ3v) is 5.47. The highest BCUT2D eigenvalue weighted by molar-refractivity contribution is 7.14. The predicted octanol–water partition coefficient (Wildman–Crippen LogP) is 3.44. The average Bonchev–Trinajstić information content (AvgIpc) is 3.04. The number of carbonyl (C=O) groups is 1. The summed E-state index contributed by atoms with van der Waals surface area (Å²) in [6, 6.07) is 14.6. The lowest BCUT2D eigenvalue weighted by atomic mass is 10.0. The third-order valence-electron chi connectivity index (χ3n) is 4.25. The van der Waals surface area contributed by atoms with Gasteiger partial charge in [0.2, 0.25) is 0 Å². The topological polar surface area (TPSA) is 23.6 Å². The van der Waals surface area contributed by atoms with Gasteiger partial charge in [0.25, 0.3) is 5.91 Å². The molecule has 3 nitrogen and oxygen atoms in total. The van der Waals surface area contributed by atoms with E-state index in [-0.39, 0.29) is 11.9 Å². The summed E-state index contributed by atoms with van der Waals surface area (Å²) in [6.45, 7) is 4.74. The molecule has 1 saturated heterocycles. The van der Waals surface area contributed by atoms with Crippen LogP contribution in [-0.2, 0) is 6.42 Å². The first-order chi connectivity index (χ1) is 10.7. The number of rotatable bonds is 3. The zero-order valence-electron chi connectivity index (χ0n) is 13.2. The predicted molar refractivity (Wildman–Crippen MR) is 91.4 cm³/mol. The van der Waals surface area contributed by atoms with E-state index < -0.39 is 0 Å². The first kappa shape index (κ1) is 15.3. The standard InChI is InChI=1S/C18H22N2OS/c1-3-15-9-10-17(22-15)18(21)20-12-11-19(2)13-16(20)14-7-5-4-6-8-14/h4-10,16H,3,11-13H2,1-2H3/t16-/m0/s1. The molecule has 4 heteroatoms. The normalized spacial score (nSPS) is 19.4. The van der Waals surface area contributed by atoms with Crippen LogP contribution in [-0.4, -0.2) is 42.4 Å². The van der Waals surface area contributed by atoms with Gasteiger partial charge in [0.1, 0.15) is 0 Å². The van der Waals surface area contributed by atoms with E-state index in [1.165, 1.54) is 10.4 Å². The van der Waals surface area contributed by atoms with Gasteiger partial charge < -0.3 is 9.80 Å². The van der Waals surface area contributed by atoms with Crippen molar-refractivity contribution >= 4 is 17.2 Å². The molecule has 0 unspecified atom stereocenters. The van der Waals surface area contributed by atoms with E-state index in [1.807, 2.05) is 29.2 Å². The molecule has 3 rings (SSSR count). The highest BCUT2D eigenvalue weighted by Crippen LogP contribution is 2.28. The molecular weight excluding hydrogens is 292 g/mol. The van der Waals surface area contributed by atoms with Gasteiger partial charge in [-0.2, -0.15) is 0 Å². The number of amides is 1. The minimum Gasteiger partial charge on any atom is -0.328 e. The van der Waals surface area contributed by atoms with Gasteiger partial charge in [-0.25, -0.2) is 0 Å². The van der Waals surface area contributed by atoms with E-state index in [1.54, 1.807) is 11.3 Å². The summed E-state index contributed by atoms with van der Waals surface area (Å²) in [6.07, 6.45) is 0.989. The molecule has 1 atom stereocenters.